The number of hydrogen-bond donors (Lipinski definition) is 1. The second-order valence-corrected chi connectivity index (χ2v) is 5.62. The number of hydrogen-bond acceptors (Lipinski definition) is 4. The molecule has 92 valence electrons. The fraction of sp³-hybridized carbons (Fsp3) is 0.583. The van der Waals surface area contributed by atoms with Gasteiger partial charge >= 0.3 is 0 Å². The number of nitrogens with zero attached hydrogens (tertiary/aromatic N) is 4. The molecule has 2 N–H and O–H groups in total. The van der Waals surface area contributed by atoms with E-state index in [0.717, 1.165) is 17.2 Å². The van der Waals surface area contributed by atoms with Crippen molar-refractivity contribution in [2.24, 2.45) is 5.73 Å². The molecule has 2 rings (SSSR count). The molecule has 5 heteroatoms. The lowest BCUT2D eigenvalue weighted by molar-refractivity contribution is 0.286. The van der Waals surface area contributed by atoms with Crippen molar-refractivity contribution in [1.82, 2.24) is 19.8 Å². The van der Waals surface area contributed by atoms with E-state index >= 15 is 0 Å². The van der Waals surface area contributed by atoms with Crippen LogP contribution in [-0.2, 0) is 5.41 Å². The summed E-state index contributed by atoms with van der Waals surface area (Å²) in [5.74, 6) is 0.795. The maximum Gasteiger partial charge on any atom is 0.177 e. The van der Waals surface area contributed by atoms with Gasteiger partial charge in [0.2, 0.25) is 0 Å². The van der Waals surface area contributed by atoms with Gasteiger partial charge in [0.1, 0.15) is 0 Å². The number of rotatable bonds is 2. The highest BCUT2D eigenvalue weighted by Gasteiger charge is 2.39. The third-order valence-electron chi connectivity index (χ3n) is 3.57. The lowest BCUT2D eigenvalue weighted by Gasteiger charge is -2.36. The van der Waals surface area contributed by atoms with Gasteiger partial charge in [-0.2, -0.15) is 9.61 Å². The van der Waals surface area contributed by atoms with Crippen LogP contribution < -0.4 is 5.73 Å². The van der Waals surface area contributed by atoms with Gasteiger partial charge in [0.05, 0.1) is 5.69 Å². The fourth-order valence-electron chi connectivity index (χ4n) is 1.56. The maximum absolute atomic E-state index is 6.22. The van der Waals surface area contributed by atoms with Crippen LogP contribution in [0.4, 0.5) is 0 Å². The molecule has 0 unspecified atom stereocenters. The van der Waals surface area contributed by atoms with Crippen molar-refractivity contribution in [3.8, 4) is 0 Å². The van der Waals surface area contributed by atoms with Crippen molar-refractivity contribution in [3.63, 3.8) is 0 Å². The second-order valence-electron chi connectivity index (χ2n) is 5.62. The summed E-state index contributed by atoms with van der Waals surface area (Å²) in [4.78, 5) is 0. The molecule has 0 amide bonds. The Morgan fingerprint density at radius 1 is 1.12 bits per heavy atom. The predicted molar refractivity (Wildman–Crippen MR) is 66.8 cm³/mol. The van der Waals surface area contributed by atoms with Crippen LogP contribution in [0.1, 0.15) is 39.2 Å². The second kappa shape index (κ2) is 3.50. The summed E-state index contributed by atoms with van der Waals surface area (Å²) in [7, 11) is 0. The van der Waals surface area contributed by atoms with Crippen LogP contribution in [0.25, 0.3) is 5.65 Å². The van der Waals surface area contributed by atoms with E-state index in [1.165, 1.54) is 0 Å². The van der Waals surface area contributed by atoms with Gasteiger partial charge in [-0.25, -0.2) is 0 Å². The first-order valence-electron chi connectivity index (χ1n) is 5.72. The van der Waals surface area contributed by atoms with E-state index in [-0.39, 0.29) is 5.41 Å². The summed E-state index contributed by atoms with van der Waals surface area (Å²) in [5.41, 5.74) is 7.20. The standard InChI is InChI=1S/C12H19N5/c1-8-6-7-9-14-15-10(17(9)16-8)11(2,3)12(4,5)13/h6-7H,13H2,1-5H3. The Labute approximate surface area is 101 Å². The Morgan fingerprint density at radius 3 is 2.35 bits per heavy atom. The summed E-state index contributed by atoms with van der Waals surface area (Å²) in [6.07, 6.45) is 0. The SMILES string of the molecule is Cc1ccc2nnc(C(C)(C)C(C)(C)N)n2n1. The van der Waals surface area contributed by atoms with E-state index in [0.29, 0.717) is 0 Å². The summed E-state index contributed by atoms with van der Waals surface area (Å²) >= 11 is 0. The van der Waals surface area contributed by atoms with Crippen molar-refractivity contribution < 1.29 is 0 Å². The lowest BCUT2D eigenvalue weighted by Crippen LogP contribution is -2.51. The predicted octanol–water partition coefficient (Wildman–Crippen LogP) is 1.45. The van der Waals surface area contributed by atoms with Gasteiger partial charge in [0.15, 0.2) is 11.5 Å². The van der Waals surface area contributed by atoms with Crippen molar-refractivity contribution >= 4 is 5.65 Å². The highest BCUT2D eigenvalue weighted by molar-refractivity contribution is 5.37. The largest absolute Gasteiger partial charge is 0.325 e. The average Bonchev–Trinajstić information content (AvgIpc) is 2.58. The van der Waals surface area contributed by atoms with Crippen LogP contribution in [0.3, 0.4) is 0 Å². The maximum atomic E-state index is 6.22. The Balaban J connectivity index is 2.68. The fourth-order valence-corrected chi connectivity index (χ4v) is 1.56. The smallest absolute Gasteiger partial charge is 0.177 e. The minimum absolute atomic E-state index is 0.312. The number of aromatic nitrogens is 4. The average molecular weight is 233 g/mol. The molecule has 2 aromatic heterocycles. The van der Waals surface area contributed by atoms with Crippen molar-refractivity contribution in [2.75, 3.05) is 0 Å². The monoisotopic (exact) mass is 233 g/mol. The molecule has 0 saturated carbocycles. The summed E-state index contributed by atoms with van der Waals surface area (Å²) in [6, 6.07) is 3.84. The highest BCUT2D eigenvalue weighted by Crippen LogP contribution is 2.31. The molecule has 0 aromatic carbocycles. The molecule has 0 aliphatic rings. The van der Waals surface area contributed by atoms with E-state index in [1.54, 1.807) is 4.52 Å². The van der Waals surface area contributed by atoms with E-state index in [2.05, 4.69) is 29.1 Å². The van der Waals surface area contributed by atoms with Crippen LogP contribution in [0, 0.1) is 6.92 Å². The Morgan fingerprint density at radius 2 is 1.76 bits per heavy atom. The molecule has 0 saturated heterocycles. The molecule has 5 nitrogen and oxygen atoms in total. The molecule has 17 heavy (non-hydrogen) atoms. The van der Waals surface area contributed by atoms with Crippen LogP contribution in [0.5, 0.6) is 0 Å². The van der Waals surface area contributed by atoms with Crippen LogP contribution in [0.2, 0.25) is 0 Å². The third-order valence-corrected chi connectivity index (χ3v) is 3.57. The molecule has 0 fully saturated rings. The molecule has 0 bridgehead atoms. The van der Waals surface area contributed by atoms with E-state index < -0.39 is 5.54 Å². The van der Waals surface area contributed by atoms with Crippen LogP contribution >= 0.6 is 0 Å². The van der Waals surface area contributed by atoms with Gasteiger partial charge in [-0.1, -0.05) is 13.8 Å². The Hall–Kier alpha value is -1.49. The summed E-state index contributed by atoms with van der Waals surface area (Å²) in [6.45, 7) is 10.1. The van der Waals surface area contributed by atoms with Crippen LogP contribution in [-0.4, -0.2) is 25.4 Å². The quantitative estimate of drug-likeness (QED) is 0.852. The Kier molecular flexibility index (Phi) is 2.47. The number of aryl methyl sites for hydroxylation is 1. The first-order chi connectivity index (χ1) is 7.73. The molecule has 0 radical (unpaired) electrons. The normalized spacial score (nSPS) is 13.3. The molecule has 2 heterocycles. The van der Waals surface area contributed by atoms with Gasteiger partial charge in [-0.3, -0.25) is 0 Å². The lowest BCUT2D eigenvalue weighted by atomic mass is 9.74. The summed E-state index contributed by atoms with van der Waals surface area (Å²) < 4.78 is 1.78. The number of nitrogens with two attached hydrogens (primary N) is 1. The first-order valence-corrected chi connectivity index (χ1v) is 5.72. The van der Waals surface area contributed by atoms with E-state index in [1.807, 2.05) is 32.9 Å². The van der Waals surface area contributed by atoms with Crippen molar-refractivity contribution in [2.45, 2.75) is 45.6 Å². The Bertz CT molecular complexity index is 548. The molecule has 0 aliphatic heterocycles. The van der Waals surface area contributed by atoms with Crippen LogP contribution in [0.15, 0.2) is 12.1 Å². The number of fused-ring (bicyclic) bond motifs is 1. The first kappa shape index (κ1) is 12.0. The zero-order valence-electron chi connectivity index (χ0n) is 11.0. The van der Waals surface area contributed by atoms with Crippen molar-refractivity contribution in [3.05, 3.63) is 23.7 Å². The van der Waals surface area contributed by atoms with E-state index in [9.17, 15) is 0 Å². The van der Waals surface area contributed by atoms with Gasteiger partial charge in [-0.15, -0.1) is 10.2 Å². The molecule has 0 atom stereocenters. The van der Waals surface area contributed by atoms with Gasteiger partial charge in [0, 0.05) is 11.0 Å². The van der Waals surface area contributed by atoms with Gasteiger partial charge in [-0.05, 0) is 32.9 Å². The van der Waals surface area contributed by atoms with Gasteiger partial charge < -0.3 is 5.73 Å². The molecule has 2 aromatic rings. The van der Waals surface area contributed by atoms with Crippen molar-refractivity contribution in [1.29, 1.82) is 0 Å². The molecular weight excluding hydrogens is 214 g/mol. The van der Waals surface area contributed by atoms with E-state index in [4.69, 9.17) is 5.73 Å². The summed E-state index contributed by atoms with van der Waals surface area (Å²) in [5, 5.41) is 12.8. The molecule has 0 spiro atoms. The van der Waals surface area contributed by atoms with Gasteiger partial charge in [0.25, 0.3) is 0 Å². The minimum atomic E-state index is -0.401. The molecule has 0 aliphatic carbocycles. The molecular formula is C12H19N5. The third kappa shape index (κ3) is 1.80. The zero-order chi connectivity index (χ0) is 12.8. The highest BCUT2D eigenvalue weighted by atomic mass is 15.4. The minimum Gasteiger partial charge on any atom is -0.325 e. The topological polar surface area (TPSA) is 69.1 Å². The zero-order valence-corrected chi connectivity index (χ0v) is 11.0.